The Bertz CT molecular complexity index is 535. The number of carbonyl (C=O) groups is 2. The van der Waals surface area contributed by atoms with Gasteiger partial charge in [-0.05, 0) is 48.9 Å². The fourth-order valence-corrected chi connectivity index (χ4v) is 2.94. The zero-order valence-corrected chi connectivity index (χ0v) is 13.4. The Kier molecular flexibility index (Phi) is 5.19. The first-order valence-electron chi connectivity index (χ1n) is 7.74. The van der Waals surface area contributed by atoms with Crippen molar-refractivity contribution in [2.24, 2.45) is 11.3 Å². The molecule has 1 aromatic carbocycles. The molecule has 0 aromatic heterocycles. The van der Waals surface area contributed by atoms with E-state index in [2.05, 4.69) is 24.5 Å². The fraction of sp³-hybridized carbons (Fsp3) is 0.529. The molecular formula is C17H24N2O3. The highest BCUT2D eigenvalue weighted by molar-refractivity contribution is 5.96. The molecule has 0 aliphatic heterocycles. The van der Waals surface area contributed by atoms with Crippen LogP contribution in [-0.2, 0) is 14.3 Å². The average Bonchev–Trinajstić information content (AvgIpc) is 3.25. The van der Waals surface area contributed by atoms with Gasteiger partial charge in [0.25, 0.3) is 0 Å². The third kappa shape index (κ3) is 3.65. The molecule has 1 atom stereocenters. The minimum atomic E-state index is -0.201. The van der Waals surface area contributed by atoms with Gasteiger partial charge in [-0.25, -0.2) is 0 Å². The summed E-state index contributed by atoms with van der Waals surface area (Å²) < 4.78 is 4.76. The van der Waals surface area contributed by atoms with E-state index in [4.69, 9.17) is 4.74 Å². The van der Waals surface area contributed by atoms with Crippen LogP contribution in [-0.4, -0.2) is 25.5 Å². The first-order valence-corrected chi connectivity index (χ1v) is 7.74. The summed E-state index contributed by atoms with van der Waals surface area (Å²) in [6.07, 6.45) is 3.08. The second kappa shape index (κ2) is 6.92. The SMILES string of the molecule is CCC1(CC)CC1C(=O)Nc1ccc(NC(=O)COC)cc1. The minimum Gasteiger partial charge on any atom is -0.375 e. The van der Waals surface area contributed by atoms with E-state index >= 15 is 0 Å². The minimum absolute atomic E-state index is 0.0241. The zero-order chi connectivity index (χ0) is 16.2. The summed E-state index contributed by atoms with van der Waals surface area (Å²) in [6.45, 7) is 4.32. The van der Waals surface area contributed by atoms with E-state index < -0.39 is 0 Å². The second-order valence-corrected chi connectivity index (χ2v) is 5.87. The third-order valence-corrected chi connectivity index (χ3v) is 4.63. The van der Waals surface area contributed by atoms with Crippen LogP contribution in [0.15, 0.2) is 24.3 Å². The number of ether oxygens (including phenoxy) is 1. The van der Waals surface area contributed by atoms with Crippen molar-refractivity contribution in [3.8, 4) is 0 Å². The highest BCUT2D eigenvalue weighted by atomic mass is 16.5. The van der Waals surface area contributed by atoms with E-state index in [-0.39, 0.29) is 29.8 Å². The Morgan fingerprint density at radius 3 is 2.14 bits per heavy atom. The molecule has 0 saturated heterocycles. The number of nitrogens with one attached hydrogen (secondary N) is 2. The lowest BCUT2D eigenvalue weighted by atomic mass is 9.97. The van der Waals surface area contributed by atoms with Gasteiger partial charge in [0.2, 0.25) is 11.8 Å². The summed E-state index contributed by atoms with van der Waals surface area (Å²) in [5.74, 6) is 0.0244. The van der Waals surface area contributed by atoms with Gasteiger partial charge in [0.15, 0.2) is 0 Å². The molecule has 1 fully saturated rings. The predicted molar refractivity (Wildman–Crippen MR) is 86.7 cm³/mol. The predicted octanol–water partition coefficient (Wildman–Crippen LogP) is 3.04. The Hall–Kier alpha value is -1.88. The van der Waals surface area contributed by atoms with E-state index in [0.717, 1.165) is 24.9 Å². The molecule has 1 aliphatic rings. The van der Waals surface area contributed by atoms with Crippen molar-refractivity contribution >= 4 is 23.2 Å². The lowest BCUT2D eigenvalue weighted by Gasteiger charge is -2.12. The summed E-state index contributed by atoms with van der Waals surface area (Å²) in [5.41, 5.74) is 1.64. The summed E-state index contributed by atoms with van der Waals surface area (Å²) in [4.78, 5) is 23.7. The smallest absolute Gasteiger partial charge is 0.250 e. The summed E-state index contributed by atoms with van der Waals surface area (Å²) in [5, 5.41) is 5.67. The fourth-order valence-electron chi connectivity index (χ4n) is 2.94. The largest absolute Gasteiger partial charge is 0.375 e. The van der Waals surface area contributed by atoms with E-state index in [1.54, 1.807) is 24.3 Å². The first kappa shape index (κ1) is 16.5. The standard InChI is InChI=1S/C17H24N2O3/c1-4-17(5-2)10-14(17)16(21)19-13-8-6-12(7-9-13)18-15(20)11-22-3/h6-9,14H,4-5,10-11H2,1-3H3,(H,18,20)(H,19,21). The van der Waals surface area contributed by atoms with E-state index in [0.29, 0.717) is 5.69 Å². The summed E-state index contributed by atoms with van der Waals surface area (Å²) >= 11 is 0. The quantitative estimate of drug-likeness (QED) is 0.813. The number of benzene rings is 1. The lowest BCUT2D eigenvalue weighted by molar-refractivity contribution is -0.120. The molecule has 1 unspecified atom stereocenters. The highest BCUT2D eigenvalue weighted by Gasteiger charge is 2.55. The van der Waals surface area contributed by atoms with Gasteiger partial charge < -0.3 is 15.4 Å². The summed E-state index contributed by atoms with van der Waals surface area (Å²) in [7, 11) is 1.47. The number of amides is 2. The maximum absolute atomic E-state index is 12.3. The Balaban J connectivity index is 1.89. The highest BCUT2D eigenvalue weighted by Crippen LogP contribution is 2.57. The van der Waals surface area contributed by atoms with Crippen molar-refractivity contribution in [3.05, 3.63) is 24.3 Å². The molecule has 22 heavy (non-hydrogen) atoms. The van der Waals surface area contributed by atoms with Crippen LogP contribution in [0.2, 0.25) is 0 Å². The van der Waals surface area contributed by atoms with Crippen LogP contribution in [0.5, 0.6) is 0 Å². The second-order valence-electron chi connectivity index (χ2n) is 5.87. The normalized spacial score (nSPS) is 18.6. The molecule has 0 bridgehead atoms. The summed E-state index contributed by atoms with van der Waals surface area (Å²) in [6, 6.07) is 7.12. The molecule has 2 N–H and O–H groups in total. The molecule has 0 spiro atoms. The van der Waals surface area contributed by atoms with Crippen molar-refractivity contribution in [2.45, 2.75) is 33.1 Å². The van der Waals surface area contributed by atoms with Crippen molar-refractivity contribution < 1.29 is 14.3 Å². The van der Waals surface area contributed by atoms with Crippen LogP contribution in [0.3, 0.4) is 0 Å². The van der Waals surface area contributed by atoms with E-state index in [1.807, 2.05) is 0 Å². The zero-order valence-electron chi connectivity index (χ0n) is 13.4. The molecule has 1 aromatic rings. The monoisotopic (exact) mass is 304 g/mol. The average molecular weight is 304 g/mol. The third-order valence-electron chi connectivity index (χ3n) is 4.63. The van der Waals surface area contributed by atoms with Crippen LogP contribution in [0.1, 0.15) is 33.1 Å². The molecule has 2 amide bonds. The number of hydrogen-bond acceptors (Lipinski definition) is 3. The number of carbonyl (C=O) groups excluding carboxylic acids is 2. The Labute approximate surface area is 131 Å². The van der Waals surface area contributed by atoms with E-state index in [1.165, 1.54) is 7.11 Å². The van der Waals surface area contributed by atoms with Crippen LogP contribution in [0, 0.1) is 11.3 Å². The number of hydrogen-bond donors (Lipinski definition) is 2. The number of rotatable bonds is 7. The molecule has 5 nitrogen and oxygen atoms in total. The van der Waals surface area contributed by atoms with Gasteiger partial charge >= 0.3 is 0 Å². The van der Waals surface area contributed by atoms with Gasteiger partial charge in [0, 0.05) is 24.4 Å². The topological polar surface area (TPSA) is 67.4 Å². The molecule has 0 radical (unpaired) electrons. The molecule has 2 rings (SSSR count). The number of anilines is 2. The van der Waals surface area contributed by atoms with Crippen molar-refractivity contribution in [2.75, 3.05) is 24.4 Å². The molecular weight excluding hydrogens is 280 g/mol. The van der Waals surface area contributed by atoms with Gasteiger partial charge in [-0.1, -0.05) is 13.8 Å². The van der Waals surface area contributed by atoms with Crippen molar-refractivity contribution in [1.82, 2.24) is 0 Å². The van der Waals surface area contributed by atoms with Crippen LogP contribution < -0.4 is 10.6 Å². The molecule has 5 heteroatoms. The van der Waals surface area contributed by atoms with Gasteiger partial charge in [0.05, 0.1) is 0 Å². The molecule has 1 aliphatic carbocycles. The number of methoxy groups -OCH3 is 1. The lowest BCUT2D eigenvalue weighted by Crippen LogP contribution is -2.19. The maximum atomic E-state index is 12.3. The van der Waals surface area contributed by atoms with Crippen molar-refractivity contribution in [3.63, 3.8) is 0 Å². The Morgan fingerprint density at radius 2 is 1.68 bits per heavy atom. The first-order chi connectivity index (χ1) is 10.5. The molecule has 0 heterocycles. The molecule has 1 saturated carbocycles. The van der Waals surface area contributed by atoms with Gasteiger partial charge in [0.1, 0.15) is 6.61 Å². The van der Waals surface area contributed by atoms with Gasteiger partial charge in [-0.3, -0.25) is 9.59 Å². The maximum Gasteiger partial charge on any atom is 0.250 e. The Morgan fingerprint density at radius 1 is 1.14 bits per heavy atom. The van der Waals surface area contributed by atoms with Gasteiger partial charge in [-0.2, -0.15) is 0 Å². The van der Waals surface area contributed by atoms with E-state index in [9.17, 15) is 9.59 Å². The van der Waals surface area contributed by atoms with Crippen molar-refractivity contribution in [1.29, 1.82) is 0 Å². The van der Waals surface area contributed by atoms with Gasteiger partial charge in [-0.15, -0.1) is 0 Å². The molecule has 120 valence electrons. The van der Waals surface area contributed by atoms with Crippen LogP contribution in [0.4, 0.5) is 11.4 Å². The van der Waals surface area contributed by atoms with Crippen LogP contribution in [0.25, 0.3) is 0 Å². The van der Waals surface area contributed by atoms with Crippen LogP contribution >= 0.6 is 0 Å².